The van der Waals surface area contributed by atoms with E-state index in [-0.39, 0.29) is 11.6 Å². The summed E-state index contributed by atoms with van der Waals surface area (Å²) in [5, 5.41) is 10.0. The van der Waals surface area contributed by atoms with Crippen molar-refractivity contribution in [2.24, 2.45) is 0 Å². The Hall–Kier alpha value is -2.95. The molecule has 0 atom stereocenters. The van der Waals surface area contributed by atoms with Gasteiger partial charge in [-0.1, -0.05) is 36.4 Å². The van der Waals surface area contributed by atoms with Crippen LogP contribution in [0, 0.1) is 0 Å². The highest BCUT2D eigenvalue weighted by Gasteiger charge is 2.20. The molecule has 0 fully saturated rings. The summed E-state index contributed by atoms with van der Waals surface area (Å²) in [5.41, 5.74) is 0.447. The van der Waals surface area contributed by atoms with E-state index in [9.17, 15) is 9.90 Å². The number of aromatic hydroxyl groups is 1. The van der Waals surface area contributed by atoms with Gasteiger partial charge in [-0.15, -0.1) is 0 Å². The van der Waals surface area contributed by atoms with Crippen molar-refractivity contribution in [3.8, 4) is 23.0 Å². The first-order valence-electron chi connectivity index (χ1n) is 6.11. The monoisotopic (exact) mass is 266 g/mol. The first kappa shape index (κ1) is 12.1. The number of nitrogens with one attached hydrogen (secondary N) is 1. The van der Waals surface area contributed by atoms with Crippen LogP contribution in [0.25, 0.3) is 17.1 Å². The van der Waals surface area contributed by atoms with Gasteiger partial charge in [0.15, 0.2) is 12.4 Å². The van der Waals surface area contributed by atoms with Crippen molar-refractivity contribution in [2.45, 2.75) is 0 Å². The number of hydrogen-bond donors (Lipinski definition) is 2. The SMILES string of the molecule is O=c1[nH]c(-c2ccccc2)nc(O)c1-[n+]1ccccc1. The summed E-state index contributed by atoms with van der Waals surface area (Å²) in [5.74, 6) is 0.0391. The third-order valence-electron chi connectivity index (χ3n) is 2.90. The van der Waals surface area contributed by atoms with E-state index in [0.717, 1.165) is 5.56 Å². The van der Waals surface area contributed by atoms with E-state index >= 15 is 0 Å². The molecule has 20 heavy (non-hydrogen) atoms. The van der Waals surface area contributed by atoms with Crippen LogP contribution in [0.15, 0.2) is 65.7 Å². The van der Waals surface area contributed by atoms with Gasteiger partial charge >= 0.3 is 11.2 Å². The van der Waals surface area contributed by atoms with Gasteiger partial charge in [0.05, 0.1) is 0 Å². The Bertz CT molecular complexity index is 783. The van der Waals surface area contributed by atoms with Crippen molar-refractivity contribution in [1.82, 2.24) is 9.97 Å². The molecule has 1 aromatic carbocycles. The Morgan fingerprint density at radius 2 is 1.65 bits per heavy atom. The third-order valence-corrected chi connectivity index (χ3v) is 2.90. The number of aromatic amines is 1. The second-order valence-electron chi connectivity index (χ2n) is 4.24. The minimum Gasteiger partial charge on any atom is -0.488 e. The fraction of sp³-hybridized carbons (Fsp3) is 0. The minimum absolute atomic E-state index is 0.102. The van der Waals surface area contributed by atoms with Crippen molar-refractivity contribution in [1.29, 1.82) is 0 Å². The Balaban J connectivity index is 2.16. The second-order valence-corrected chi connectivity index (χ2v) is 4.24. The molecule has 0 saturated carbocycles. The van der Waals surface area contributed by atoms with Gasteiger partial charge < -0.3 is 10.1 Å². The Labute approximate surface area is 114 Å². The molecule has 0 unspecified atom stereocenters. The van der Waals surface area contributed by atoms with Gasteiger partial charge in [0.2, 0.25) is 0 Å². The fourth-order valence-corrected chi connectivity index (χ4v) is 1.97. The highest BCUT2D eigenvalue weighted by molar-refractivity contribution is 5.55. The van der Waals surface area contributed by atoms with E-state index in [4.69, 9.17) is 0 Å². The molecule has 5 nitrogen and oxygen atoms in total. The normalized spacial score (nSPS) is 10.4. The van der Waals surface area contributed by atoms with Crippen LogP contribution in [0.1, 0.15) is 0 Å². The van der Waals surface area contributed by atoms with Crippen LogP contribution < -0.4 is 10.1 Å². The summed E-state index contributed by atoms with van der Waals surface area (Å²) in [7, 11) is 0. The van der Waals surface area contributed by atoms with Crippen LogP contribution in [-0.4, -0.2) is 15.1 Å². The number of pyridine rings is 1. The maximum atomic E-state index is 12.2. The van der Waals surface area contributed by atoms with E-state index in [1.54, 1.807) is 24.5 Å². The van der Waals surface area contributed by atoms with Crippen LogP contribution in [-0.2, 0) is 0 Å². The molecule has 0 saturated heterocycles. The van der Waals surface area contributed by atoms with Crippen molar-refractivity contribution >= 4 is 0 Å². The number of benzene rings is 1. The summed E-state index contributed by atoms with van der Waals surface area (Å²) in [6.07, 6.45) is 3.35. The topological polar surface area (TPSA) is 69.9 Å². The van der Waals surface area contributed by atoms with Crippen LogP contribution >= 0.6 is 0 Å². The van der Waals surface area contributed by atoms with Gasteiger partial charge in [-0.2, -0.15) is 9.55 Å². The average Bonchev–Trinajstić information content (AvgIpc) is 2.48. The Kier molecular flexibility index (Phi) is 3.01. The molecule has 2 aromatic heterocycles. The van der Waals surface area contributed by atoms with Gasteiger partial charge in [-0.05, 0) is 0 Å². The number of aromatic nitrogens is 3. The smallest absolute Gasteiger partial charge is 0.338 e. The fourth-order valence-electron chi connectivity index (χ4n) is 1.97. The zero-order valence-corrected chi connectivity index (χ0v) is 10.5. The van der Waals surface area contributed by atoms with Crippen molar-refractivity contribution in [3.63, 3.8) is 0 Å². The summed E-state index contributed by atoms with van der Waals surface area (Å²) in [6.45, 7) is 0. The summed E-state index contributed by atoms with van der Waals surface area (Å²) in [4.78, 5) is 18.9. The van der Waals surface area contributed by atoms with Gasteiger partial charge in [-0.25, -0.2) is 0 Å². The molecule has 3 aromatic rings. The molecule has 3 rings (SSSR count). The highest BCUT2D eigenvalue weighted by Crippen LogP contribution is 2.16. The summed E-state index contributed by atoms with van der Waals surface area (Å²) < 4.78 is 1.52. The largest absolute Gasteiger partial charge is 0.488 e. The molecule has 5 heteroatoms. The van der Waals surface area contributed by atoms with Crippen LogP contribution in [0.4, 0.5) is 0 Å². The van der Waals surface area contributed by atoms with E-state index < -0.39 is 5.56 Å². The molecule has 2 heterocycles. The first-order valence-corrected chi connectivity index (χ1v) is 6.11. The van der Waals surface area contributed by atoms with E-state index in [0.29, 0.717) is 5.82 Å². The lowest BCUT2D eigenvalue weighted by Crippen LogP contribution is -2.37. The van der Waals surface area contributed by atoms with Crippen molar-refractivity contribution in [3.05, 3.63) is 71.3 Å². The molecule has 0 radical (unpaired) electrons. The summed E-state index contributed by atoms with van der Waals surface area (Å²) >= 11 is 0. The van der Waals surface area contributed by atoms with Crippen LogP contribution in [0.3, 0.4) is 0 Å². The number of hydrogen-bond acceptors (Lipinski definition) is 3. The van der Waals surface area contributed by atoms with Crippen molar-refractivity contribution in [2.75, 3.05) is 0 Å². The van der Waals surface area contributed by atoms with Crippen LogP contribution in [0.2, 0.25) is 0 Å². The van der Waals surface area contributed by atoms with Gasteiger partial charge in [-0.3, -0.25) is 4.79 Å². The molecule has 0 bridgehead atoms. The predicted octanol–water partition coefficient (Wildman–Crippen LogP) is 1.42. The van der Waals surface area contributed by atoms with E-state index in [1.165, 1.54) is 4.57 Å². The zero-order valence-electron chi connectivity index (χ0n) is 10.5. The van der Waals surface area contributed by atoms with Gasteiger partial charge in [0.1, 0.15) is 5.82 Å². The molecule has 2 N–H and O–H groups in total. The maximum Gasteiger partial charge on any atom is 0.338 e. The molecule has 0 spiro atoms. The van der Waals surface area contributed by atoms with E-state index in [2.05, 4.69) is 9.97 Å². The standard InChI is InChI=1S/C15H11N3O2/c19-14-12(18-9-5-2-6-10-18)15(20)17-13(16-14)11-7-3-1-4-8-11/h1-10H,(H-,16,17,19,20)/p+1. The molecular formula is C15H12N3O2+. The van der Waals surface area contributed by atoms with Gasteiger partial charge in [0.25, 0.3) is 5.88 Å². The molecule has 0 amide bonds. The zero-order chi connectivity index (χ0) is 13.9. The second kappa shape index (κ2) is 4.97. The number of nitrogens with zero attached hydrogens (tertiary/aromatic N) is 2. The molecule has 0 aliphatic rings. The lowest BCUT2D eigenvalue weighted by Gasteiger charge is -2.02. The number of H-pyrrole nitrogens is 1. The highest BCUT2D eigenvalue weighted by atomic mass is 16.3. The number of rotatable bonds is 2. The molecular weight excluding hydrogens is 254 g/mol. The van der Waals surface area contributed by atoms with E-state index in [1.807, 2.05) is 36.4 Å². The van der Waals surface area contributed by atoms with Crippen LogP contribution in [0.5, 0.6) is 5.88 Å². The van der Waals surface area contributed by atoms with Gasteiger partial charge in [0, 0.05) is 17.7 Å². The minimum atomic E-state index is -0.396. The predicted molar refractivity (Wildman–Crippen MR) is 73.5 cm³/mol. The quantitative estimate of drug-likeness (QED) is 0.689. The lowest BCUT2D eigenvalue weighted by atomic mass is 10.2. The Morgan fingerprint density at radius 1 is 1.00 bits per heavy atom. The third kappa shape index (κ3) is 2.16. The molecule has 0 aliphatic heterocycles. The Morgan fingerprint density at radius 3 is 2.30 bits per heavy atom. The average molecular weight is 266 g/mol. The lowest BCUT2D eigenvalue weighted by molar-refractivity contribution is -0.597. The summed E-state index contributed by atoms with van der Waals surface area (Å²) in [6, 6.07) is 14.5. The molecule has 98 valence electrons. The maximum absolute atomic E-state index is 12.2. The van der Waals surface area contributed by atoms with Crippen molar-refractivity contribution < 1.29 is 9.67 Å². The first-order chi connectivity index (χ1) is 9.75. The molecule has 0 aliphatic carbocycles.